The molecule has 6 N–H and O–H groups in total. The van der Waals surface area contributed by atoms with Gasteiger partial charge in [0.1, 0.15) is 24.4 Å². The van der Waals surface area contributed by atoms with Crippen LogP contribution < -0.4 is 31.5 Å². The number of amides is 5. The number of aromatic carboxylic acids is 1. The zero-order valence-electron chi connectivity index (χ0n) is 40.9. The highest BCUT2D eigenvalue weighted by Gasteiger charge is 2.19. The fourth-order valence-electron chi connectivity index (χ4n) is 5.84. The van der Waals surface area contributed by atoms with Gasteiger partial charge in [-0.05, 0) is 138 Å². The number of benzene rings is 6. The topological polar surface area (TPSA) is 223 Å². The van der Waals surface area contributed by atoms with Gasteiger partial charge in [0, 0.05) is 53.8 Å². The molecule has 0 aromatic heterocycles. The summed E-state index contributed by atoms with van der Waals surface area (Å²) in [5.41, 5.74) is 4.99. The molecule has 0 saturated heterocycles. The average Bonchev–Trinajstić information content (AvgIpc) is 3.32. The number of carboxylic acids is 1. The Bertz CT molecular complexity index is 2690. The van der Waals surface area contributed by atoms with E-state index in [1.165, 1.54) is 29.2 Å². The van der Waals surface area contributed by atoms with Crippen molar-refractivity contribution in [2.24, 2.45) is 0 Å². The average molecular weight is 969 g/mol. The van der Waals surface area contributed by atoms with Gasteiger partial charge in [-0.1, -0.05) is 72.8 Å². The Morgan fingerprint density at radius 1 is 0.465 bits per heavy atom. The number of nitrogens with zero attached hydrogens (tertiary/aromatic N) is 1. The SMILES string of the molecule is CC(C)(C)OC(=O)Nc1ccc(C(=O)O)cc1.CN(C(=O)c1ccc(NC(=O)OC(C)(C)C)cc1)c1cccc(NC(=O)OCc2ccccc2)c1.CNc1cccc(NC(=O)OCc2ccccc2)c1. The van der Waals surface area contributed by atoms with Crippen molar-refractivity contribution in [2.45, 2.75) is 66.0 Å². The van der Waals surface area contributed by atoms with Crippen LogP contribution in [0.3, 0.4) is 0 Å². The van der Waals surface area contributed by atoms with Crippen LogP contribution in [0.25, 0.3) is 0 Å². The molecular formula is C54H60N6O11. The largest absolute Gasteiger partial charge is 0.478 e. The number of anilines is 6. The number of carbonyl (C=O) groups excluding carboxylic acids is 5. The molecule has 6 rings (SSSR count). The van der Waals surface area contributed by atoms with Gasteiger partial charge in [0.15, 0.2) is 0 Å². The van der Waals surface area contributed by atoms with Crippen LogP contribution in [0.5, 0.6) is 0 Å². The first-order valence-electron chi connectivity index (χ1n) is 22.2. The highest BCUT2D eigenvalue weighted by Crippen LogP contribution is 2.22. The first-order valence-corrected chi connectivity index (χ1v) is 22.2. The Hall–Kier alpha value is -8.86. The van der Waals surface area contributed by atoms with Gasteiger partial charge in [0.25, 0.3) is 5.91 Å². The lowest BCUT2D eigenvalue weighted by atomic mass is 10.1. The molecule has 6 aromatic carbocycles. The molecule has 0 atom stereocenters. The van der Waals surface area contributed by atoms with Crippen molar-refractivity contribution in [2.75, 3.05) is 45.6 Å². The van der Waals surface area contributed by atoms with E-state index in [0.29, 0.717) is 34.0 Å². The van der Waals surface area contributed by atoms with Gasteiger partial charge in [-0.3, -0.25) is 26.1 Å². The number of carboxylic acid groups (broad SMARTS) is 1. The molecule has 0 aliphatic heterocycles. The van der Waals surface area contributed by atoms with Gasteiger partial charge in [-0.25, -0.2) is 24.0 Å². The van der Waals surface area contributed by atoms with Crippen LogP contribution in [-0.4, -0.2) is 66.7 Å². The van der Waals surface area contributed by atoms with Crippen molar-refractivity contribution in [3.05, 3.63) is 180 Å². The second-order valence-corrected chi connectivity index (χ2v) is 17.3. The third-order valence-corrected chi connectivity index (χ3v) is 9.16. The van der Waals surface area contributed by atoms with E-state index in [1.54, 1.807) is 97.1 Å². The summed E-state index contributed by atoms with van der Waals surface area (Å²) in [6.07, 6.45) is -2.19. The van der Waals surface area contributed by atoms with Crippen LogP contribution >= 0.6 is 0 Å². The lowest BCUT2D eigenvalue weighted by Crippen LogP contribution is -2.27. The van der Waals surface area contributed by atoms with Gasteiger partial charge in [0.05, 0.1) is 5.56 Å². The molecule has 5 amide bonds. The molecule has 0 saturated carbocycles. The number of hydrogen-bond acceptors (Lipinski definition) is 11. The second-order valence-electron chi connectivity index (χ2n) is 17.3. The third-order valence-electron chi connectivity index (χ3n) is 9.16. The molecule has 0 fully saturated rings. The number of ether oxygens (including phenoxy) is 4. The van der Waals surface area contributed by atoms with Crippen LogP contribution in [0.4, 0.5) is 53.3 Å². The van der Waals surface area contributed by atoms with E-state index in [4.69, 9.17) is 24.1 Å². The maximum Gasteiger partial charge on any atom is 0.412 e. The Balaban J connectivity index is 0.000000256. The van der Waals surface area contributed by atoms with Crippen LogP contribution in [-0.2, 0) is 32.2 Å². The zero-order chi connectivity index (χ0) is 52.0. The smallest absolute Gasteiger partial charge is 0.412 e. The summed E-state index contributed by atoms with van der Waals surface area (Å²) in [7, 11) is 3.47. The Kier molecular flexibility index (Phi) is 20.5. The van der Waals surface area contributed by atoms with E-state index in [-0.39, 0.29) is 24.7 Å². The van der Waals surface area contributed by atoms with Crippen molar-refractivity contribution < 1.29 is 52.8 Å². The molecule has 0 unspecified atom stereocenters. The summed E-state index contributed by atoms with van der Waals surface area (Å²) in [6, 6.07) is 45.6. The number of nitrogens with one attached hydrogen (secondary N) is 5. The first kappa shape index (κ1) is 54.7. The predicted molar refractivity (Wildman–Crippen MR) is 275 cm³/mol. The maximum atomic E-state index is 13.0. The lowest BCUT2D eigenvalue weighted by molar-refractivity contribution is 0.0624. The lowest BCUT2D eigenvalue weighted by Gasteiger charge is -2.20. The van der Waals surface area contributed by atoms with Gasteiger partial charge < -0.3 is 34.3 Å². The van der Waals surface area contributed by atoms with Crippen molar-refractivity contribution in [1.29, 1.82) is 0 Å². The molecule has 0 aliphatic rings. The number of hydrogen-bond donors (Lipinski definition) is 6. The van der Waals surface area contributed by atoms with Crippen molar-refractivity contribution in [1.82, 2.24) is 0 Å². The second kappa shape index (κ2) is 26.6. The summed E-state index contributed by atoms with van der Waals surface area (Å²) < 4.78 is 20.7. The third kappa shape index (κ3) is 20.9. The summed E-state index contributed by atoms with van der Waals surface area (Å²) in [5.74, 6) is -1.26. The number of rotatable bonds is 12. The van der Waals surface area contributed by atoms with Crippen LogP contribution in [0.1, 0.15) is 73.4 Å². The normalized spacial score (nSPS) is 10.5. The van der Waals surface area contributed by atoms with Gasteiger partial charge in [0.2, 0.25) is 0 Å². The Morgan fingerprint density at radius 2 is 0.859 bits per heavy atom. The minimum atomic E-state index is -1.01. The molecule has 71 heavy (non-hydrogen) atoms. The van der Waals surface area contributed by atoms with Gasteiger partial charge in [-0.15, -0.1) is 0 Å². The van der Waals surface area contributed by atoms with E-state index >= 15 is 0 Å². The predicted octanol–water partition coefficient (Wildman–Crippen LogP) is 12.3. The summed E-state index contributed by atoms with van der Waals surface area (Å²) in [5, 5.41) is 22.2. The maximum absolute atomic E-state index is 13.0. The fraction of sp³-hybridized carbons (Fsp3) is 0.222. The van der Waals surface area contributed by atoms with E-state index in [0.717, 1.165) is 16.8 Å². The molecule has 0 radical (unpaired) electrons. The van der Waals surface area contributed by atoms with Crippen LogP contribution in [0, 0.1) is 0 Å². The molecule has 0 spiro atoms. The van der Waals surface area contributed by atoms with E-state index in [1.807, 2.05) is 92.0 Å². The molecule has 17 nitrogen and oxygen atoms in total. The van der Waals surface area contributed by atoms with Crippen LogP contribution in [0.15, 0.2) is 158 Å². The molecule has 0 aliphatic carbocycles. The van der Waals surface area contributed by atoms with Gasteiger partial charge in [-0.2, -0.15) is 0 Å². The van der Waals surface area contributed by atoms with Gasteiger partial charge >= 0.3 is 30.3 Å². The fourth-order valence-corrected chi connectivity index (χ4v) is 5.84. The van der Waals surface area contributed by atoms with Crippen molar-refractivity contribution >= 4 is 70.4 Å². The molecule has 372 valence electrons. The van der Waals surface area contributed by atoms with Crippen LogP contribution in [0.2, 0.25) is 0 Å². The molecule has 17 heteroatoms. The standard InChI is InChI=1S/C27H29N3O5.C15H16N2O2.C12H15NO4/c1-27(2,3)35-26(33)28-21-15-13-20(14-16-21)24(31)30(4)23-12-8-11-22(17-23)29-25(32)34-18-19-9-6-5-7-10-19;1-16-13-8-5-9-14(10-13)17-15(18)19-11-12-6-3-2-4-7-12;1-12(2,3)17-11(16)13-9-6-4-8(5-7-9)10(14)15/h5-17H,18H2,1-4H3,(H,28,33)(H,29,32);2-10,16H,11H2,1H3,(H,17,18);4-7H,1-3H3,(H,13,16)(H,14,15). The highest BCUT2D eigenvalue weighted by atomic mass is 16.6. The van der Waals surface area contributed by atoms with E-state index in [2.05, 4.69) is 26.6 Å². The molecule has 0 bridgehead atoms. The minimum absolute atomic E-state index is 0.156. The highest BCUT2D eigenvalue weighted by molar-refractivity contribution is 6.06. The van der Waals surface area contributed by atoms with Crippen molar-refractivity contribution in [3.8, 4) is 0 Å². The monoisotopic (exact) mass is 968 g/mol. The quantitative estimate of drug-likeness (QED) is 0.0630. The summed E-state index contributed by atoms with van der Waals surface area (Å²) in [4.78, 5) is 72.1. The Labute approximate surface area is 413 Å². The minimum Gasteiger partial charge on any atom is -0.478 e. The van der Waals surface area contributed by atoms with E-state index in [9.17, 15) is 28.8 Å². The molecule has 0 heterocycles. The molecular weight excluding hydrogens is 909 g/mol. The Morgan fingerprint density at radius 3 is 1.28 bits per heavy atom. The molecule has 6 aromatic rings. The first-order chi connectivity index (χ1) is 33.7. The van der Waals surface area contributed by atoms with E-state index < -0.39 is 41.5 Å². The van der Waals surface area contributed by atoms with Crippen molar-refractivity contribution in [3.63, 3.8) is 0 Å². The zero-order valence-corrected chi connectivity index (χ0v) is 40.9. The summed E-state index contributed by atoms with van der Waals surface area (Å²) in [6.45, 7) is 11.1. The number of carbonyl (C=O) groups is 6. The summed E-state index contributed by atoms with van der Waals surface area (Å²) >= 11 is 0.